The summed E-state index contributed by atoms with van der Waals surface area (Å²) in [6.45, 7) is -0.118. The van der Waals surface area contributed by atoms with Crippen LogP contribution in [0.1, 0.15) is 5.56 Å². The average molecular weight is 463 g/mol. The summed E-state index contributed by atoms with van der Waals surface area (Å²) in [6.07, 6.45) is -3.52. The van der Waals surface area contributed by atoms with E-state index in [4.69, 9.17) is 9.47 Å². The maximum absolute atomic E-state index is 12.8. The zero-order valence-electron chi connectivity index (χ0n) is 17.6. The Morgan fingerprint density at radius 3 is 2.72 bits per heavy atom. The van der Waals surface area contributed by atoms with Crippen molar-refractivity contribution in [3.05, 3.63) is 52.7 Å². The molecule has 0 saturated heterocycles. The minimum Gasteiger partial charge on any atom is -0.489 e. The van der Waals surface area contributed by atoms with Crippen molar-refractivity contribution in [1.29, 1.82) is 0 Å². The fourth-order valence-electron chi connectivity index (χ4n) is 3.29. The summed E-state index contributed by atoms with van der Waals surface area (Å²) in [5.74, 6) is -0.735. The second kappa shape index (κ2) is 10.7. The van der Waals surface area contributed by atoms with Gasteiger partial charge in [-0.25, -0.2) is 0 Å². The lowest BCUT2D eigenvalue weighted by Gasteiger charge is -2.28. The van der Waals surface area contributed by atoms with E-state index in [-0.39, 0.29) is 6.61 Å². The van der Waals surface area contributed by atoms with E-state index in [9.17, 15) is 24.9 Å². The van der Waals surface area contributed by atoms with E-state index < -0.39 is 42.3 Å². The largest absolute Gasteiger partial charge is 0.489 e. The Kier molecular flexibility index (Phi) is 7.99. The lowest BCUT2D eigenvalue weighted by atomic mass is 10.0. The summed E-state index contributed by atoms with van der Waals surface area (Å²) >= 11 is 1.47. The fraction of sp³-hybridized carbons (Fsp3) is 0.364. The van der Waals surface area contributed by atoms with Crippen LogP contribution >= 0.6 is 11.3 Å². The zero-order chi connectivity index (χ0) is 23.3. The predicted octanol–water partition coefficient (Wildman–Crippen LogP) is 0.399. The van der Waals surface area contributed by atoms with Crippen LogP contribution in [0.5, 0.6) is 5.75 Å². The molecule has 0 fully saturated rings. The molecule has 0 aliphatic carbocycles. The molecule has 32 heavy (non-hydrogen) atoms. The van der Waals surface area contributed by atoms with Crippen LogP contribution in [0.25, 0.3) is 6.08 Å². The van der Waals surface area contributed by atoms with Crippen LogP contribution in [0, 0.1) is 0 Å². The van der Waals surface area contributed by atoms with Crippen molar-refractivity contribution in [2.75, 3.05) is 25.7 Å². The number of aliphatic hydroxyl groups excluding tert-OH is 3. The van der Waals surface area contributed by atoms with Gasteiger partial charge in [0.15, 0.2) is 6.10 Å². The quantitative estimate of drug-likeness (QED) is 0.447. The molecule has 4 N–H and O–H groups in total. The van der Waals surface area contributed by atoms with E-state index in [1.54, 1.807) is 37.4 Å². The zero-order valence-corrected chi connectivity index (χ0v) is 18.4. The Morgan fingerprint density at radius 1 is 1.28 bits per heavy atom. The number of benzene rings is 1. The number of thiophene rings is 1. The summed E-state index contributed by atoms with van der Waals surface area (Å²) < 4.78 is 10.7. The van der Waals surface area contributed by atoms with E-state index in [2.05, 4.69) is 5.32 Å². The van der Waals surface area contributed by atoms with Crippen LogP contribution in [-0.2, 0) is 14.3 Å². The van der Waals surface area contributed by atoms with Gasteiger partial charge in [-0.2, -0.15) is 11.3 Å². The van der Waals surface area contributed by atoms with Crippen molar-refractivity contribution in [3.8, 4) is 5.75 Å². The highest BCUT2D eigenvalue weighted by Crippen LogP contribution is 2.29. The van der Waals surface area contributed by atoms with E-state index in [0.717, 1.165) is 5.56 Å². The number of hydrogen-bond donors (Lipinski definition) is 4. The topological polar surface area (TPSA) is 129 Å². The first-order valence-corrected chi connectivity index (χ1v) is 10.8. The van der Waals surface area contributed by atoms with Gasteiger partial charge in [-0.1, -0.05) is 24.3 Å². The first kappa shape index (κ1) is 23.9. The van der Waals surface area contributed by atoms with Crippen molar-refractivity contribution in [2.45, 2.75) is 30.5 Å². The lowest BCUT2D eigenvalue weighted by Crippen LogP contribution is -2.56. The number of carbonyl (C=O) groups excluding carboxylic acids is 2. The molecule has 0 radical (unpaired) electrons. The smallest absolute Gasteiger partial charge is 0.252 e. The SMILES string of the molecule is CO[C@@H](C(=O)NC1COc2ccccc2N(C)C1=O)[C@H](O)[C@@H](O)[C@H](O)/C=C/c1ccsc1. The van der Waals surface area contributed by atoms with E-state index in [1.807, 2.05) is 16.8 Å². The molecule has 0 spiro atoms. The number of nitrogens with one attached hydrogen (secondary N) is 1. The lowest BCUT2D eigenvalue weighted by molar-refractivity contribution is -0.150. The molecule has 2 heterocycles. The van der Waals surface area contributed by atoms with Crippen molar-refractivity contribution >= 4 is 34.9 Å². The predicted molar refractivity (Wildman–Crippen MR) is 119 cm³/mol. The van der Waals surface area contributed by atoms with Crippen LogP contribution in [0.15, 0.2) is 47.2 Å². The number of amides is 2. The summed E-state index contributed by atoms with van der Waals surface area (Å²) in [6, 6.07) is 7.76. The molecule has 0 saturated carbocycles. The van der Waals surface area contributed by atoms with E-state index >= 15 is 0 Å². The van der Waals surface area contributed by atoms with Crippen LogP contribution < -0.4 is 15.0 Å². The number of carbonyl (C=O) groups is 2. The third kappa shape index (κ3) is 5.34. The average Bonchev–Trinajstić information content (AvgIpc) is 3.29. The number of ether oxygens (including phenoxy) is 2. The molecule has 10 heteroatoms. The number of likely N-dealkylation sites (N-methyl/N-ethyl adjacent to an activating group) is 1. The molecular formula is C22H26N2O7S. The first-order valence-electron chi connectivity index (χ1n) is 9.90. The molecular weight excluding hydrogens is 436 g/mol. The van der Waals surface area contributed by atoms with Gasteiger partial charge in [0.25, 0.3) is 11.8 Å². The molecule has 2 amide bonds. The number of anilines is 1. The summed E-state index contributed by atoms with van der Waals surface area (Å²) in [7, 11) is 2.75. The molecule has 1 aliphatic rings. The molecule has 9 nitrogen and oxygen atoms in total. The van der Waals surface area contributed by atoms with Crippen molar-refractivity contribution in [3.63, 3.8) is 0 Å². The Morgan fingerprint density at radius 2 is 2.03 bits per heavy atom. The van der Waals surface area contributed by atoms with Gasteiger partial charge in [0.1, 0.15) is 36.7 Å². The standard InChI is InChI=1S/C22H26N2O7S/c1-24-15-5-3-4-6-17(15)31-11-14(22(24)29)23-21(28)20(30-2)19(27)18(26)16(25)8-7-13-9-10-32-12-13/h3-10,12,14,16,18-20,25-27H,11H2,1-2H3,(H,23,28)/b8-7+/t14?,16-,18+,19-,20-/m1/s1. The van der Waals surface area contributed by atoms with Gasteiger partial charge >= 0.3 is 0 Å². The minimum atomic E-state index is -1.75. The second-order valence-corrected chi connectivity index (χ2v) is 8.06. The third-order valence-corrected chi connectivity index (χ3v) is 5.83. The van der Waals surface area contributed by atoms with Crippen LogP contribution in [0.2, 0.25) is 0 Å². The van der Waals surface area contributed by atoms with Gasteiger partial charge in [0.05, 0.1) is 5.69 Å². The monoisotopic (exact) mass is 462 g/mol. The van der Waals surface area contributed by atoms with E-state index in [0.29, 0.717) is 11.4 Å². The molecule has 0 bridgehead atoms. The normalized spacial score (nSPS) is 20.1. The van der Waals surface area contributed by atoms with Gasteiger partial charge < -0.3 is 35.0 Å². The maximum Gasteiger partial charge on any atom is 0.252 e. The Balaban J connectivity index is 1.65. The van der Waals surface area contributed by atoms with Crippen LogP contribution in [0.3, 0.4) is 0 Å². The maximum atomic E-state index is 12.8. The fourth-order valence-corrected chi connectivity index (χ4v) is 3.92. The van der Waals surface area contributed by atoms with Gasteiger partial charge in [-0.3, -0.25) is 9.59 Å². The summed E-state index contributed by atoms with van der Waals surface area (Å²) in [5.41, 5.74) is 1.39. The van der Waals surface area contributed by atoms with Crippen LogP contribution in [0.4, 0.5) is 5.69 Å². The number of nitrogens with zero attached hydrogens (tertiary/aromatic N) is 1. The molecule has 1 aliphatic heterocycles. The van der Waals surface area contributed by atoms with Gasteiger partial charge in [0, 0.05) is 14.2 Å². The van der Waals surface area contributed by atoms with Crippen molar-refractivity contribution in [1.82, 2.24) is 5.32 Å². The van der Waals surface area contributed by atoms with Gasteiger partial charge in [0.2, 0.25) is 0 Å². The highest BCUT2D eigenvalue weighted by atomic mass is 32.1. The highest BCUT2D eigenvalue weighted by molar-refractivity contribution is 7.08. The van der Waals surface area contributed by atoms with E-state index in [1.165, 1.54) is 29.4 Å². The first-order chi connectivity index (χ1) is 15.3. The van der Waals surface area contributed by atoms with Crippen LogP contribution in [-0.4, -0.2) is 78.4 Å². The number of methoxy groups -OCH3 is 1. The number of aliphatic hydroxyl groups is 3. The molecule has 172 valence electrons. The Labute approximate surface area is 189 Å². The van der Waals surface area contributed by atoms with Crippen molar-refractivity contribution in [2.24, 2.45) is 0 Å². The molecule has 1 aromatic carbocycles. The molecule has 1 unspecified atom stereocenters. The van der Waals surface area contributed by atoms with Gasteiger partial charge in [-0.15, -0.1) is 0 Å². The third-order valence-electron chi connectivity index (χ3n) is 5.13. The molecule has 2 aromatic rings. The van der Waals surface area contributed by atoms with Crippen molar-refractivity contribution < 1.29 is 34.4 Å². The molecule has 1 aromatic heterocycles. The Bertz CT molecular complexity index is 950. The minimum absolute atomic E-state index is 0.118. The number of hydrogen-bond acceptors (Lipinski definition) is 8. The van der Waals surface area contributed by atoms with Gasteiger partial charge in [-0.05, 0) is 34.5 Å². The summed E-state index contributed by atoms with van der Waals surface area (Å²) in [5, 5.41) is 37.2. The molecule has 3 rings (SSSR count). The number of para-hydroxylation sites is 2. The highest BCUT2D eigenvalue weighted by Gasteiger charge is 2.38. The number of rotatable bonds is 8. The summed E-state index contributed by atoms with van der Waals surface area (Å²) in [4.78, 5) is 26.9. The second-order valence-electron chi connectivity index (χ2n) is 7.28. The Hall–Kier alpha value is -2.76. The number of fused-ring (bicyclic) bond motifs is 1. The molecule has 5 atom stereocenters.